The van der Waals surface area contributed by atoms with Crippen molar-refractivity contribution in [3.8, 4) is 0 Å². The smallest absolute Gasteiger partial charge is 0.0593 e. The maximum atomic E-state index is 6.05. The van der Waals surface area contributed by atoms with Gasteiger partial charge in [-0.25, -0.2) is 0 Å². The lowest BCUT2D eigenvalue weighted by molar-refractivity contribution is -0.0309. The Morgan fingerprint density at radius 3 is 2.63 bits per heavy atom. The summed E-state index contributed by atoms with van der Waals surface area (Å²) in [6.07, 6.45) is 4.84. The standard InChI is InChI=1S/C15H33N3O/c1-4-7-14-12-15(13-16,8-11-19-14)17-9-10-18(5-2)6-3/h14,17H,4-13,16H2,1-3H3. The van der Waals surface area contributed by atoms with E-state index in [1.54, 1.807) is 0 Å². The van der Waals surface area contributed by atoms with Gasteiger partial charge in [-0.2, -0.15) is 0 Å². The minimum atomic E-state index is 0.102. The molecule has 0 aromatic carbocycles. The van der Waals surface area contributed by atoms with Crippen LogP contribution in [0, 0.1) is 0 Å². The molecule has 2 atom stereocenters. The van der Waals surface area contributed by atoms with Crippen LogP contribution >= 0.6 is 0 Å². The van der Waals surface area contributed by atoms with E-state index in [1.807, 2.05) is 0 Å². The molecule has 0 aromatic heterocycles. The molecule has 1 heterocycles. The molecule has 0 saturated carbocycles. The summed E-state index contributed by atoms with van der Waals surface area (Å²) >= 11 is 0. The zero-order valence-corrected chi connectivity index (χ0v) is 13.1. The molecular formula is C15H33N3O. The van der Waals surface area contributed by atoms with Crippen LogP contribution in [-0.4, -0.2) is 55.9 Å². The maximum absolute atomic E-state index is 6.05. The molecule has 114 valence electrons. The largest absolute Gasteiger partial charge is 0.378 e. The highest BCUT2D eigenvalue weighted by atomic mass is 16.5. The number of nitrogens with two attached hydrogens (primary N) is 1. The van der Waals surface area contributed by atoms with Crippen LogP contribution in [0.5, 0.6) is 0 Å². The van der Waals surface area contributed by atoms with Gasteiger partial charge in [-0.3, -0.25) is 0 Å². The molecule has 1 rings (SSSR count). The van der Waals surface area contributed by atoms with E-state index < -0.39 is 0 Å². The number of ether oxygens (including phenoxy) is 1. The minimum absolute atomic E-state index is 0.102. The summed E-state index contributed by atoms with van der Waals surface area (Å²) in [6, 6.07) is 0. The quantitative estimate of drug-likeness (QED) is 0.669. The highest BCUT2D eigenvalue weighted by molar-refractivity contribution is 4.94. The Labute approximate surface area is 119 Å². The molecule has 4 nitrogen and oxygen atoms in total. The summed E-state index contributed by atoms with van der Waals surface area (Å²) in [5.41, 5.74) is 6.15. The van der Waals surface area contributed by atoms with Gasteiger partial charge in [-0.15, -0.1) is 0 Å². The van der Waals surface area contributed by atoms with Gasteiger partial charge in [0.05, 0.1) is 6.10 Å². The van der Waals surface area contributed by atoms with E-state index in [0.29, 0.717) is 6.10 Å². The Balaban J connectivity index is 2.41. The number of nitrogens with zero attached hydrogens (tertiary/aromatic N) is 1. The Kier molecular flexibility index (Phi) is 7.91. The Hall–Kier alpha value is -0.160. The van der Waals surface area contributed by atoms with Crippen LogP contribution in [0.1, 0.15) is 46.5 Å². The van der Waals surface area contributed by atoms with E-state index in [1.165, 1.54) is 6.42 Å². The van der Waals surface area contributed by atoms with Crippen molar-refractivity contribution < 1.29 is 4.74 Å². The lowest BCUT2D eigenvalue weighted by atomic mass is 9.85. The predicted molar refractivity (Wildman–Crippen MR) is 81.5 cm³/mol. The lowest BCUT2D eigenvalue weighted by Gasteiger charge is -2.41. The first-order chi connectivity index (χ1) is 9.19. The van der Waals surface area contributed by atoms with E-state index in [2.05, 4.69) is 31.0 Å². The molecule has 0 amide bonds. The minimum Gasteiger partial charge on any atom is -0.378 e. The monoisotopic (exact) mass is 271 g/mol. The summed E-state index contributed by atoms with van der Waals surface area (Å²) in [5, 5.41) is 3.73. The SMILES string of the molecule is CCCC1CC(CN)(NCCN(CC)CC)CCO1. The van der Waals surface area contributed by atoms with Crippen LogP contribution in [-0.2, 0) is 4.74 Å². The second-order valence-electron chi connectivity index (χ2n) is 5.67. The van der Waals surface area contributed by atoms with Crippen molar-refractivity contribution in [1.82, 2.24) is 10.2 Å². The number of hydrogen-bond acceptors (Lipinski definition) is 4. The van der Waals surface area contributed by atoms with Crippen LogP contribution in [0.3, 0.4) is 0 Å². The van der Waals surface area contributed by atoms with Crippen molar-refractivity contribution in [3.05, 3.63) is 0 Å². The summed E-state index contributed by atoms with van der Waals surface area (Å²) in [4.78, 5) is 2.44. The van der Waals surface area contributed by atoms with Crippen molar-refractivity contribution in [2.45, 2.75) is 58.1 Å². The fourth-order valence-corrected chi connectivity index (χ4v) is 2.96. The van der Waals surface area contributed by atoms with Crippen LogP contribution in [0.25, 0.3) is 0 Å². The van der Waals surface area contributed by atoms with Gasteiger partial charge in [0.1, 0.15) is 0 Å². The van der Waals surface area contributed by atoms with Crippen molar-refractivity contribution in [2.75, 3.05) is 39.3 Å². The molecule has 0 radical (unpaired) electrons. The van der Waals surface area contributed by atoms with Crippen LogP contribution in [0.4, 0.5) is 0 Å². The highest BCUT2D eigenvalue weighted by Crippen LogP contribution is 2.26. The topological polar surface area (TPSA) is 50.5 Å². The first-order valence-corrected chi connectivity index (χ1v) is 7.98. The third-order valence-electron chi connectivity index (χ3n) is 4.38. The average Bonchev–Trinajstić information content (AvgIpc) is 2.44. The number of nitrogens with one attached hydrogen (secondary N) is 1. The first kappa shape index (κ1) is 16.9. The molecule has 0 aliphatic carbocycles. The van der Waals surface area contributed by atoms with E-state index in [4.69, 9.17) is 10.5 Å². The maximum Gasteiger partial charge on any atom is 0.0593 e. The van der Waals surface area contributed by atoms with Crippen molar-refractivity contribution in [2.24, 2.45) is 5.73 Å². The molecule has 4 heteroatoms. The normalized spacial score (nSPS) is 27.9. The molecule has 3 N–H and O–H groups in total. The van der Waals surface area contributed by atoms with Gasteiger partial charge in [0.25, 0.3) is 0 Å². The second kappa shape index (κ2) is 8.90. The summed E-state index contributed by atoms with van der Waals surface area (Å²) in [7, 11) is 0. The van der Waals surface area contributed by atoms with Crippen LogP contribution in [0.15, 0.2) is 0 Å². The van der Waals surface area contributed by atoms with Crippen molar-refractivity contribution in [3.63, 3.8) is 0 Å². The summed E-state index contributed by atoms with van der Waals surface area (Å²) in [5.74, 6) is 0. The van der Waals surface area contributed by atoms with Gasteiger partial charge in [0, 0.05) is 31.8 Å². The van der Waals surface area contributed by atoms with E-state index >= 15 is 0 Å². The Morgan fingerprint density at radius 1 is 1.32 bits per heavy atom. The zero-order valence-electron chi connectivity index (χ0n) is 13.1. The van der Waals surface area contributed by atoms with Crippen LogP contribution in [0.2, 0.25) is 0 Å². The van der Waals surface area contributed by atoms with Crippen molar-refractivity contribution >= 4 is 0 Å². The Morgan fingerprint density at radius 2 is 2.05 bits per heavy atom. The molecule has 0 aromatic rings. The number of rotatable bonds is 9. The van der Waals surface area contributed by atoms with E-state index in [0.717, 1.165) is 58.6 Å². The fourth-order valence-electron chi connectivity index (χ4n) is 2.96. The van der Waals surface area contributed by atoms with Gasteiger partial charge in [-0.1, -0.05) is 27.2 Å². The second-order valence-corrected chi connectivity index (χ2v) is 5.67. The molecule has 19 heavy (non-hydrogen) atoms. The molecule has 1 saturated heterocycles. The van der Waals surface area contributed by atoms with Gasteiger partial charge in [0.2, 0.25) is 0 Å². The molecule has 2 unspecified atom stereocenters. The third-order valence-corrected chi connectivity index (χ3v) is 4.38. The molecular weight excluding hydrogens is 238 g/mol. The van der Waals surface area contributed by atoms with E-state index in [-0.39, 0.29) is 5.54 Å². The summed E-state index contributed by atoms with van der Waals surface area (Å²) < 4.78 is 5.84. The van der Waals surface area contributed by atoms with Gasteiger partial charge < -0.3 is 20.7 Å². The van der Waals surface area contributed by atoms with Crippen molar-refractivity contribution in [1.29, 1.82) is 0 Å². The van der Waals surface area contributed by atoms with Gasteiger partial charge in [-0.05, 0) is 32.4 Å². The number of hydrogen-bond donors (Lipinski definition) is 2. The fraction of sp³-hybridized carbons (Fsp3) is 1.00. The summed E-state index contributed by atoms with van der Waals surface area (Å²) in [6.45, 7) is 12.6. The highest BCUT2D eigenvalue weighted by Gasteiger charge is 2.34. The molecule has 0 spiro atoms. The number of likely N-dealkylation sites (N-methyl/N-ethyl adjacent to an activating group) is 1. The average molecular weight is 271 g/mol. The van der Waals surface area contributed by atoms with Gasteiger partial charge >= 0.3 is 0 Å². The molecule has 1 aliphatic heterocycles. The molecule has 0 bridgehead atoms. The third kappa shape index (κ3) is 5.38. The first-order valence-electron chi connectivity index (χ1n) is 7.98. The van der Waals surface area contributed by atoms with Gasteiger partial charge in [0.15, 0.2) is 0 Å². The lowest BCUT2D eigenvalue weighted by Crippen LogP contribution is -2.57. The molecule has 1 fully saturated rings. The Bertz CT molecular complexity index is 231. The zero-order chi connectivity index (χ0) is 14.1. The molecule has 1 aliphatic rings. The van der Waals surface area contributed by atoms with E-state index in [9.17, 15) is 0 Å². The van der Waals surface area contributed by atoms with Crippen LogP contribution < -0.4 is 11.1 Å². The predicted octanol–water partition coefficient (Wildman–Crippen LogP) is 1.59.